The number of methoxy groups -OCH3 is 1. The quantitative estimate of drug-likeness (QED) is 0.796. The zero-order valence-electron chi connectivity index (χ0n) is 12.0. The van der Waals surface area contributed by atoms with Gasteiger partial charge in [0.25, 0.3) is 0 Å². The summed E-state index contributed by atoms with van der Waals surface area (Å²) in [6, 6.07) is 8.10. The van der Waals surface area contributed by atoms with E-state index in [1.807, 2.05) is 18.2 Å². The SMILES string of the molecule is CCCC(Nc1ccccc1C)(C(=O)OC)C1CC1. The summed E-state index contributed by atoms with van der Waals surface area (Å²) in [6.07, 6.45) is 3.99. The summed E-state index contributed by atoms with van der Waals surface area (Å²) < 4.78 is 5.08. The molecule has 0 aromatic heterocycles. The van der Waals surface area contributed by atoms with E-state index in [2.05, 4.69) is 25.2 Å². The number of aryl methyl sites for hydroxylation is 1. The molecule has 0 saturated heterocycles. The van der Waals surface area contributed by atoms with Crippen LogP contribution in [0.1, 0.15) is 38.2 Å². The summed E-state index contributed by atoms with van der Waals surface area (Å²) in [5.41, 5.74) is 1.65. The van der Waals surface area contributed by atoms with Crippen LogP contribution in [0.25, 0.3) is 0 Å². The number of carbonyl (C=O) groups excluding carboxylic acids is 1. The summed E-state index contributed by atoms with van der Waals surface area (Å²) >= 11 is 0. The lowest BCUT2D eigenvalue weighted by Crippen LogP contribution is -2.49. The fourth-order valence-electron chi connectivity index (χ4n) is 2.79. The van der Waals surface area contributed by atoms with Crippen molar-refractivity contribution in [1.29, 1.82) is 0 Å². The second-order valence-electron chi connectivity index (χ2n) is 5.43. The zero-order valence-corrected chi connectivity index (χ0v) is 12.0. The summed E-state index contributed by atoms with van der Waals surface area (Å²) in [7, 11) is 1.48. The molecule has 0 radical (unpaired) electrons. The van der Waals surface area contributed by atoms with E-state index in [0.29, 0.717) is 5.92 Å². The van der Waals surface area contributed by atoms with Crippen LogP contribution < -0.4 is 5.32 Å². The number of hydrogen-bond donors (Lipinski definition) is 1. The summed E-state index contributed by atoms with van der Waals surface area (Å²) in [6.45, 7) is 4.17. The first kappa shape index (κ1) is 13.9. The molecule has 1 aliphatic carbocycles. The molecule has 0 aliphatic heterocycles. The first-order valence-corrected chi connectivity index (χ1v) is 7.06. The Bertz CT molecular complexity index is 454. The molecule has 0 heterocycles. The molecule has 19 heavy (non-hydrogen) atoms. The van der Waals surface area contributed by atoms with Gasteiger partial charge in [-0.3, -0.25) is 0 Å². The van der Waals surface area contributed by atoms with E-state index in [9.17, 15) is 4.79 Å². The van der Waals surface area contributed by atoms with E-state index >= 15 is 0 Å². The average Bonchev–Trinajstić information content (AvgIpc) is 3.24. The van der Waals surface area contributed by atoms with Crippen molar-refractivity contribution < 1.29 is 9.53 Å². The number of para-hydroxylation sites is 1. The number of rotatable bonds is 6. The van der Waals surface area contributed by atoms with Crippen molar-refractivity contribution in [3.05, 3.63) is 29.8 Å². The third-order valence-corrected chi connectivity index (χ3v) is 3.97. The standard InChI is InChI=1S/C16H23NO2/c1-4-11-16(13-9-10-13,15(18)19-3)17-14-8-6-5-7-12(14)2/h5-8,13,17H,4,9-11H2,1-3H3. The van der Waals surface area contributed by atoms with Crippen LogP contribution in [-0.4, -0.2) is 18.6 Å². The maximum atomic E-state index is 12.3. The Morgan fingerprint density at radius 1 is 1.42 bits per heavy atom. The number of nitrogens with one attached hydrogen (secondary N) is 1. The fraction of sp³-hybridized carbons (Fsp3) is 0.562. The minimum absolute atomic E-state index is 0.125. The van der Waals surface area contributed by atoms with E-state index in [0.717, 1.165) is 36.9 Å². The Labute approximate surface area is 115 Å². The van der Waals surface area contributed by atoms with Crippen molar-refractivity contribution in [2.45, 2.75) is 45.1 Å². The van der Waals surface area contributed by atoms with Gasteiger partial charge in [0, 0.05) is 5.69 Å². The van der Waals surface area contributed by atoms with Gasteiger partial charge in [-0.25, -0.2) is 4.79 Å². The first-order chi connectivity index (χ1) is 9.14. The van der Waals surface area contributed by atoms with Crippen LogP contribution in [0.5, 0.6) is 0 Å². The molecule has 1 fully saturated rings. The third-order valence-electron chi connectivity index (χ3n) is 3.97. The number of benzene rings is 1. The molecule has 3 heteroatoms. The lowest BCUT2D eigenvalue weighted by atomic mass is 9.87. The number of esters is 1. The van der Waals surface area contributed by atoms with Gasteiger partial charge < -0.3 is 10.1 Å². The second kappa shape index (κ2) is 5.64. The van der Waals surface area contributed by atoms with E-state index in [1.165, 1.54) is 7.11 Å². The van der Waals surface area contributed by atoms with Gasteiger partial charge in [0.05, 0.1) is 7.11 Å². The molecule has 1 aromatic carbocycles. The number of ether oxygens (including phenoxy) is 1. The van der Waals surface area contributed by atoms with Gasteiger partial charge in [0.2, 0.25) is 0 Å². The van der Waals surface area contributed by atoms with Gasteiger partial charge in [-0.1, -0.05) is 31.5 Å². The van der Waals surface area contributed by atoms with Crippen LogP contribution in [0.15, 0.2) is 24.3 Å². The smallest absolute Gasteiger partial charge is 0.331 e. The van der Waals surface area contributed by atoms with Crippen molar-refractivity contribution in [3.8, 4) is 0 Å². The van der Waals surface area contributed by atoms with Gasteiger partial charge in [0.15, 0.2) is 0 Å². The summed E-state index contributed by atoms with van der Waals surface area (Å²) in [4.78, 5) is 12.3. The summed E-state index contributed by atoms with van der Waals surface area (Å²) in [5.74, 6) is 0.277. The van der Waals surface area contributed by atoms with Gasteiger partial charge in [-0.15, -0.1) is 0 Å². The number of carbonyl (C=O) groups is 1. The van der Waals surface area contributed by atoms with E-state index < -0.39 is 5.54 Å². The van der Waals surface area contributed by atoms with Crippen molar-refractivity contribution in [2.24, 2.45) is 5.92 Å². The van der Waals surface area contributed by atoms with Gasteiger partial charge in [-0.05, 0) is 43.7 Å². The Morgan fingerprint density at radius 2 is 2.11 bits per heavy atom. The number of anilines is 1. The molecule has 104 valence electrons. The molecule has 0 spiro atoms. The molecule has 2 rings (SSSR count). The largest absolute Gasteiger partial charge is 0.467 e. The lowest BCUT2D eigenvalue weighted by molar-refractivity contribution is -0.147. The normalized spacial score (nSPS) is 17.6. The minimum atomic E-state index is -0.546. The molecular weight excluding hydrogens is 238 g/mol. The van der Waals surface area contributed by atoms with E-state index in [4.69, 9.17) is 4.74 Å². The highest BCUT2D eigenvalue weighted by molar-refractivity contribution is 5.85. The highest BCUT2D eigenvalue weighted by Gasteiger charge is 2.51. The molecule has 1 aliphatic rings. The first-order valence-electron chi connectivity index (χ1n) is 7.06. The maximum Gasteiger partial charge on any atom is 0.331 e. The molecule has 1 N–H and O–H groups in total. The van der Waals surface area contributed by atoms with Crippen LogP contribution in [0.2, 0.25) is 0 Å². The van der Waals surface area contributed by atoms with Crippen molar-refractivity contribution in [2.75, 3.05) is 12.4 Å². The third kappa shape index (κ3) is 2.75. The van der Waals surface area contributed by atoms with Gasteiger partial charge in [0.1, 0.15) is 5.54 Å². The van der Waals surface area contributed by atoms with Crippen LogP contribution in [0.4, 0.5) is 5.69 Å². The van der Waals surface area contributed by atoms with Crippen molar-refractivity contribution in [1.82, 2.24) is 0 Å². The number of hydrogen-bond acceptors (Lipinski definition) is 3. The molecular formula is C16H23NO2. The lowest BCUT2D eigenvalue weighted by Gasteiger charge is -2.33. The fourth-order valence-corrected chi connectivity index (χ4v) is 2.79. The van der Waals surface area contributed by atoms with E-state index in [1.54, 1.807) is 0 Å². The minimum Gasteiger partial charge on any atom is -0.467 e. The Kier molecular flexibility index (Phi) is 4.13. The topological polar surface area (TPSA) is 38.3 Å². The van der Waals surface area contributed by atoms with Crippen LogP contribution in [-0.2, 0) is 9.53 Å². The molecule has 1 atom stereocenters. The van der Waals surface area contributed by atoms with Crippen LogP contribution in [0.3, 0.4) is 0 Å². The summed E-state index contributed by atoms with van der Waals surface area (Å²) in [5, 5.41) is 3.50. The molecule has 1 unspecified atom stereocenters. The van der Waals surface area contributed by atoms with Crippen LogP contribution in [0, 0.1) is 12.8 Å². The maximum absolute atomic E-state index is 12.3. The Morgan fingerprint density at radius 3 is 2.63 bits per heavy atom. The highest BCUT2D eigenvalue weighted by Crippen LogP contribution is 2.45. The monoisotopic (exact) mass is 261 g/mol. The Balaban J connectivity index is 2.32. The second-order valence-corrected chi connectivity index (χ2v) is 5.43. The van der Waals surface area contributed by atoms with Gasteiger partial charge >= 0.3 is 5.97 Å². The van der Waals surface area contributed by atoms with Crippen molar-refractivity contribution in [3.63, 3.8) is 0 Å². The highest BCUT2D eigenvalue weighted by atomic mass is 16.5. The van der Waals surface area contributed by atoms with Gasteiger partial charge in [-0.2, -0.15) is 0 Å². The molecule has 3 nitrogen and oxygen atoms in total. The van der Waals surface area contributed by atoms with Crippen molar-refractivity contribution >= 4 is 11.7 Å². The molecule has 1 saturated carbocycles. The molecule has 0 bridgehead atoms. The average molecular weight is 261 g/mol. The van der Waals surface area contributed by atoms with Crippen LogP contribution >= 0.6 is 0 Å². The van der Waals surface area contributed by atoms with E-state index in [-0.39, 0.29) is 5.97 Å². The predicted molar refractivity (Wildman–Crippen MR) is 77.2 cm³/mol. The Hall–Kier alpha value is -1.51. The predicted octanol–water partition coefficient (Wildman–Crippen LogP) is 3.53. The molecule has 1 aromatic rings. The molecule has 0 amide bonds. The zero-order chi connectivity index (χ0) is 13.9.